The van der Waals surface area contributed by atoms with Gasteiger partial charge in [-0.2, -0.15) is 0 Å². The van der Waals surface area contributed by atoms with E-state index in [1.54, 1.807) is 0 Å². The fourth-order valence-corrected chi connectivity index (χ4v) is 1.74. The van der Waals surface area contributed by atoms with Gasteiger partial charge in [0, 0.05) is 6.08 Å². The first kappa shape index (κ1) is 11.7. The lowest BCUT2D eigenvalue weighted by atomic mass is 9.91. The van der Waals surface area contributed by atoms with Gasteiger partial charge in [0.15, 0.2) is 5.78 Å². The van der Waals surface area contributed by atoms with E-state index in [0.717, 1.165) is 18.2 Å². The molecule has 1 aliphatic rings. The highest BCUT2D eigenvalue weighted by molar-refractivity contribution is 6.26. The molecule has 0 aromatic heterocycles. The third-order valence-corrected chi connectivity index (χ3v) is 2.54. The molecule has 0 bridgehead atoms. The zero-order valence-electron chi connectivity index (χ0n) is 9.23. The summed E-state index contributed by atoms with van der Waals surface area (Å²) in [5.41, 5.74) is -0.389. The van der Waals surface area contributed by atoms with Crippen LogP contribution >= 0.6 is 0 Å². The Kier molecular flexibility index (Phi) is 2.78. The number of benzene rings is 1. The van der Waals surface area contributed by atoms with Gasteiger partial charge in [-0.25, -0.2) is 0 Å². The molecule has 5 heteroatoms. The predicted octanol–water partition coefficient (Wildman–Crippen LogP) is 0.583. The number of phenols is 2. The van der Waals surface area contributed by atoms with Gasteiger partial charge in [0.2, 0.25) is 5.78 Å². The van der Waals surface area contributed by atoms with Crippen LogP contribution in [0, 0.1) is 12.3 Å². The van der Waals surface area contributed by atoms with Crippen molar-refractivity contribution >= 4 is 11.6 Å². The first-order valence-electron chi connectivity index (χ1n) is 5.09. The standard InChI is InChI=1S/C13H9NO4/c1-2-5-14-7-6-10(17)11-8(15)3-4-9(16)12(11)13(7)18/h1,3-4,6,14-16H,5H2. The maximum absolute atomic E-state index is 12.0. The average molecular weight is 243 g/mol. The molecule has 0 radical (unpaired) electrons. The van der Waals surface area contributed by atoms with E-state index >= 15 is 0 Å². The minimum Gasteiger partial charge on any atom is -0.507 e. The summed E-state index contributed by atoms with van der Waals surface area (Å²) in [6, 6.07) is 2.32. The fraction of sp³-hybridized carbons (Fsp3) is 0.0769. The number of hydrogen-bond acceptors (Lipinski definition) is 5. The molecule has 0 aliphatic heterocycles. The van der Waals surface area contributed by atoms with E-state index in [1.165, 1.54) is 0 Å². The maximum atomic E-state index is 12.0. The summed E-state index contributed by atoms with van der Waals surface area (Å²) in [7, 11) is 0. The van der Waals surface area contributed by atoms with Crippen molar-refractivity contribution in [3.05, 3.63) is 35.0 Å². The molecule has 0 atom stereocenters. The summed E-state index contributed by atoms with van der Waals surface area (Å²) in [6.45, 7) is 0.0831. The van der Waals surface area contributed by atoms with E-state index in [-0.39, 0.29) is 34.9 Å². The van der Waals surface area contributed by atoms with Crippen LogP contribution in [0.2, 0.25) is 0 Å². The minimum atomic E-state index is -0.576. The van der Waals surface area contributed by atoms with E-state index in [2.05, 4.69) is 11.2 Å². The molecule has 1 aliphatic carbocycles. The van der Waals surface area contributed by atoms with Crippen molar-refractivity contribution in [2.75, 3.05) is 6.54 Å². The van der Waals surface area contributed by atoms with Gasteiger partial charge in [0.25, 0.3) is 0 Å². The Hall–Kier alpha value is -2.74. The number of nitrogens with one attached hydrogen (secondary N) is 1. The molecule has 3 N–H and O–H groups in total. The Labute approximate surface area is 103 Å². The van der Waals surface area contributed by atoms with Crippen LogP contribution in [0.15, 0.2) is 23.9 Å². The number of terminal acetylenes is 1. The molecule has 0 saturated carbocycles. The molecule has 0 heterocycles. The fourth-order valence-electron chi connectivity index (χ4n) is 1.74. The number of allylic oxidation sites excluding steroid dienone is 2. The molecule has 90 valence electrons. The zero-order chi connectivity index (χ0) is 13.3. The molecular weight excluding hydrogens is 234 g/mol. The monoisotopic (exact) mass is 243 g/mol. The smallest absolute Gasteiger partial charge is 0.213 e. The van der Waals surface area contributed by atoms with Gasteiger partial charge < -0.3 is 15.5 Å². The summed E-state index contributed by atoms with van der Waals surface area (Å²) in [5.74, 6) is 0.447. The number of rotatable bonds is 2. The number of fused-ring (bicyclic) bond motifs is 1. The van der Waals surface area contributed by atoms with Crippen molar-refractivity contribution in [2.45, 2.75) is 0 Å². The van der Waals surface area contributed by atoms with Crippen LogP contribution in [0.1, 0.15) is 20.7 Å². The molecule has 18 heavy (non-hydrogen) atoms. The van der Waals surface area contributed by atoms with Gasteiger partial charge >= 0.3 is 0 Å². The van der Waals surface area contributed by atoms with E-state index in [4.69, 9.17) is 6.42 Å². The molecule has 0 saturated heterocycles. The molecular formula is C13H9NO4. The van der Waals surface area contributed by atoms with Gasteiger partial charge in [-0.3, -0.25) is 9.59 Å². The van der Waals surface area contributed by atoms with E-state index in [9.17, 15) is 19.8 Å². The summed E-state index contributed by atoms with van der Waals surface area (Å²) in [4.78, 5) is 23.8. The summed E-state index contributed by atoms with van der Waals surface area (Å²) in [5, 5.41) is 21.8. The maximum Gasteiger partial charge on any atom is 0.213 e. The number of carbonyl (C=O) groups excluding carboxylic acids is 2. The quantitative estimate of drug-likeness (QED) is 0.522. The normalized spacial score (nSPS) is 13.6. The van der Waals surface area contributed by atoms with Crippen LogP contribution in [0.5, 0.6) is 11.5 Å². The molecule has 0 unspecified atom stereocenters. The Morgan fingerprint density at radius 3 is 2.39 bits per heavy atom. The number of ketones is 2. The van der Waals surface area contributed by atoms with Gasteiger partial charge in [-0.15, -0.1) is 6.42 Å². The van der Waals surface area contributed by atoms with Crippen molar-refractivity contribution in [2.24, 2.45) is 0 Å². The average Bonchev–Trinajstić information content (AvgIpc) is 2.34. The van der Waals surface area contributed by atoms with E-state index in [0.29, 0.717) is 0 Å². The lowest BCUT2D eigenvalue weighted by Gasteiger charge is -2.17. The second-order valence-electron chi connectivity index (χ2n) is 3.66. The molecule has 0 amide bonds. The molecule has 1 aromatic carbocycles. The molecule has 5 nitrogen and oxygen atoms in total. The molecule has 0 spiro atoms. The van der Waals surface area contributed by atoms with Gasteiger partial charge in [-0.1, -0.05) is 5.92 Å². The van der Waals surface area contributed by atoms with Crippen molar-refractivity contribution in [1.82, 2.24) is 5.32 Å². The largest absolute Gasteiger partial charge is 0.507 e. The van der Waals surface area contributed by atoms with Crippen LogP contribution in [-0.2, 0) is 0 Å². The highest BCUT2D eigenvalue weighted by atomic mass is 16.3. The Morgan fingerprint density at radius 1 is 1.17 bits per heavy atom. The van der Waals surface area contributed by atoms with Crippen molar-refractivity contribution in [3.8, 4) is 23.8 Å². The number of phenolic OH excluding ortho intramolecular Hbond substituents is 2. The highest BCUT2D eigenvalue weighted by Gasteiger charge is 2.30. The van der Waals surface area contributed by atoms with Crippen LogP contribution < -0.4 is 5.32 Å². The second-order valence-corrected chi connectivity index (χ2v) is 3.66. The Morgan fingerprint density at radius 2 is 1.78 bits per heavy atom. The molecule has 0 fully saturated rings. The SMILES string of the molecule is C#CCNC1=CC(=O)c2c(O)ccc(O)c2C1=O. The van der Waals surface area contributed by atoms with Crippen LogP contribution in [0.25, 0.3) is 0 Å². The summed E-state index contributed by atoms with van der Waals surface area (Å²) >= 11 is 0. The minimum absolute atomic E-state index is 0.00588. The van der Waals surface area contributed by atoms with Crippen molar-refractivity contribution in [1.29, 1.82) is 0 Å². The molecule has 1 aromatic rings. The number of Topliss-reactive ketones (excluding diaryl/α,β-unsaturated/α-hetero) is 1. The van der Waals surface area contributed by atoms with Crippen molar-refractivity contribution in [3.63, 3.8) is 0 Å². The number of aromatic hydroxyl groups is 2. The Balaban J connectivity index is 2.55. The van der Waals surface area contributed by atoms with E-state index in [1.807, 2.05) is 0 Å². The second kappa shape index (κ2) is 4.26. The van der Waals surface area contributed by atoms with Crippen LogP contribution in [0.4, 0.5) is 0 Å². The van der Waals surface area contributed by atoms with E-state index < -0.39 is 11.6 Å². The van der Waals surface area contributed by atoms with Crippen LogP contribution in [0.3, 0.4) is 0 Å². The highest BCUT2D eigenvalue weighted by Crippen LogP contribution is 2.33. The van der Waals surface area contributed by atoms with Crippen LogP contribution in [-0.4, -0.2) is 28.3 Å². The Bertz CT molecular complexity index is 623. The first-order chi connectivity index (χ1) is 8.56. The third-order valence-electron chi connectivity index (χ3n) is 2.54. The number of hydrogen-bond donors (Lipinski definition) is 3. The van der Waals surface area contributed by atoms with Crippen molar-refractivity contribution < 1.29 is 19.8 Å². The predicted molar refractivity (Wildman–Crippen MR) is 63.4 cm³/mol. The topological polar surface area (TPSA) is 86.6 Å². The lowest BCUT2D eigenvalue weighted by molar-refractivity contribution is 0.0974. The van der Waals surface area contributed by atoms with Gasteiger partial charge in [0.05, 0.1) is 23.4 Å². The number of carbonyl (C=O) groups is 2. The van der Waals surface area contributed by atoms with Gasteiger partial charge in [0.1, 0.15) is 11.5 Å². The first-order valence-corrected chi connectivity index (χ1v) is 5.09. The zero-order valence-corrected chi connectivity index (χ0v) is 9.23. The molecule has 2 rings (SSSR count). The third kappa shape index (κ3) is 1.70. The lowest BCUT2D eigenvalue weighted by Crippen LogP contribution is -2.27. The van der Waals surface area contributed by atoms with Gasteiger partial charge in [-0.05, 0) is 12.1 Å². The summed E-state index contributed by atoms with van der Waals surface area (Å²) < 4.78 is 0. The summed E-state index contributed by atoms with van der Waals surface area (Å²) in [6.07, 6.45) is 6.11.